The summed E-state index contributed by atoms with van der Waals surface area (Å²) in [4.78, 5) is 4.18. The second-order valence-electron chi connectivity index (χ2n) is 4.71. The number of methoxy groups -OCH3 is 1. The van der Waals surface area contributed by atoms with Gasteiger partial charge in [-0.2, -0.15) is 0 Å². The summed E-state index contributed by atoms with van der Waals surface area (Å²) < 4.78 is 5.24. The Labute approximate surface area is 113 Å². The molecule has 1 N–H and O–H groups in total. The largest absolute Gasteiger partial charge is 0.481 e. The molecule has 1 heterocycles. The summed E-state index contributed by atoms with van der Waals surface area (Å²) in [6.07, 6.45) is 1.96. The van der Waals surface area contributed by atoms with Gasteiger partial charge in [-0.3, -0.25) is 0 Å². The molecule has 0 fully saturated rings. The van der Waals surface area contributed by atoms with Crippen LogP contribution in [0.25, 0.3) is 0 Å². The van der Waals surface area contributed by atoms with Gasteiger partial charge in [0.1, 0.15) is 0 Å². The molecule has 3 nitrogen and oxygen atoms in total. The van der Waals surface area contributed by atoms with E-state index in [1.54, 1.807) is 13.3 Å². The molecule has 0 aliphatic rings. The second-order valence-corrected chi connectivity index (χ2v) is 4.71. The zero-order valence-corrected chi connectivity index (χ0v) is 11.3. The van der Waals surface area contributed by atoms with Crippen molar-refractivity contribution in [3.63, 3.8) is 0 Å². The van der Waals surface area contributed by atoms with Gasteiger partial charge in [0.15, 0.2) is 0 Å². The molecule has 0 radical (unpaired) electrons. The zero-order chi connectivity index (χ0) is 13.7. The maximum Gasteiger partial charge on any atom is 0.216 e. The summed E-state index contributed by atoms with van der Waals surface area (Å²) in [6, 6.07) is 13.6. The highest BCUT2D eigenvalue weighted by Crippen LogP contribution is 2.27. The van der Waals surface area contributed by atoms with Gasteiger partial charge >= 0.3 is 0 Å². The topological polar surface area (TPSA) is 42.4 Å². The Morgan fingerprint density at radius 2 is 1.89 bits per heavy atom. The Balaban J connectivity index is 2.10. The Morgan fingerprint density at radius 1 is 1.16 bits per heavy atom. The number of nitrogens with zero attached hydrogens (tertiary/aromatic N) is 1. The highest BCUT2D eigenvalue weighted by Gasteiger charge is 2.18. The van der Waals surface area contributed by atoms with Gasteiger partial charge in [-0.1, -0.05) is 43.3 Å². The molecule has 0 saturated heterocycles. The van der Waals surface area contributed by atoms with E-state index in [0.717, 1.165) is 17.5 Å². The van der Waals surface area contributed by atoms with E-state index in [1.165, 1.54) is 0 Å². The molecule has 19 heavy (non-hydrogen) atoms. The molecule has 0 amide bonds. The first-order valence-corrected chi connectivity index (χ1v) is 6.43. The molecule has 2 rings (SSSR count). The predicted octanol–water partition coefficient (Wildman–Crippen LogP) is 3.00. The molecule has 1 aromatic carbocycles. The van der Waals surface area contributed by atoms with Crippen LogP contribution in [0.15, 0.2) is 48.7 Å². The van der Waals surface area contributed by atoms with Crippen LogP contribution < -0.4 is 4.74 Å². The first kappa shape index (κ1) is 13.6. The summed E-state index contributed by atoms with van der Waals surface area (Å²) in [5.74, 6) is 0.732. The number of hydrogen-bond donors (Lipinski definition) is 1. The maximum atomic E-state index is 10.4. The molecular formula is C16H19NO2. The third-order valence-electron chi connectivity index (χ3n) is 3.27. The summed E-state index contributed by atoms with van der Waals surface area (Å²) in [6.45, 7) is 2.03. The standard InChI is InChI=1S/C16H19NO2/c1-12(15(18)13-7-4-3-5-8-13)11-14-9-6-10-17-16(14)19-2/h3-10,12,15,18H,11H2,1-2H3. The fraction of sp³-hybridized carbons (Fsp3) is 0.312. The van der Waals surface area contributed by atoms with Crippen LogP contribution in [0.5, 0.6) is 5.88 Å². The van der Waals surface area contributed by atoms with E-state index in [1.807, 2.05) is 49.4 Å². The minimum atomic E-state index is -0.480. The lowest BCUT2D eigenvalue weighted by molar-refractivity contribution is 0.117. The molecule has 100 valence electrons. The van der Waals surface area contributed by atoms with Gasteiger partial charge in [0.25, 0.3) is 0 Å². The summed E-state index contributed by atoms with van der Waals surface area (Å²) in [5, 5.41) is 10.4. The average molecular weight is 257 g/mol. The van der Waals surface area contributed by atoms with Crippen LogP contribution in [0.1, 0.15) is 24.2 Å². The van der Waals surface area contributed by atoms with Gasteiger partial charge in [-0.05, 0) is 24.0 Å². The number of pyridine rings is 1. The van der Waals surface area contributed by atoms with Gasteiger partial charge in [0.2, 0.25) is 5.88 Å². The lowest BCUT2D eigenvalue weighted by Gasteiger charge is -2.20. The second kappa shape index (κ2) is 6.34. The van der Waals surface area contributed by atoms with Crippen LogP contribution in [0.2, 0.25) is 0 Å². The predicted molar refractivity (Wildman–Crippen MR) is 75.1 cm³/mol. The summed E-state index contributed by atoms with van der Waals surface area (Å²) in [7, 11) is 1.62. The van der Waals surface area contributed by atoms with Gasteiger partial charge in [-0.15, -0.1) is 0 Å². The fourth-order valence-corrected chi connectivity index (χ4v) is 2.20. The van der Waals surface area contributed by atoms with Gasteiger partial charge < -0.3 is 9.84 Å². The first-order chi connectivity index (χ1) is 9.22. The van der Waals surface area contributed by atoms with Crippen molar-refractivity contribution in [2.45, 2.75) is 19.4 Å². The van der Waals surface area contributed by atoms with Gasteiger partial charge in [-0.25, -0.2) is 4.98 Å². The number of ether oxygens (including phenoxy) is 1. The Bertz CT molecular complexity index is 513. The quantitative estimate of drug-likeness (QED) is 0.895. The molecule has 1 aromatic heterocycles. The molecule has 0 saturated carbocycles. The van der Waals surface area contributed by atoms with E-state index in [2.05, 4.69) is 4.98 Å². The summed E-state index contributed by atoms with van der Waals surface area (Å²) >= 11 is 0. The van der Waals surface area contributed by atoms with E-state index in [4.69, 9.17) is 4.74 Å². The Morgan fingerprint density at radius 3 is 2.58 bits per heavy atom. The van der Waals surface area contributed by atoms with Crippen molar-refractivity contribution < 1.29 is 9.84 Å². The maximum absolute atomic E-state index is 10.4. The lowest BCUT2D eigenvalue weighted by atomic mass is 9.92. The number of aliphatic hydroxyl groups excluding tert-OH is 1. The van der Waals surface area contributed by atoms with Crippen LogP contribution in [0.3, 0.4) is 0 Å². The van der Waals surface area contributed by atoms with E-state index in [-0.39, 0.29) is 5.92 Å². The van der Waals surface area contributed by atoms with Crippen molar-refractivity contribution in [2.24, 2.45) is 5.92 Å². The van der Waals surface area contributed by atoms with Crippen molar-refractivity contribution in [3.8, 4) is 5.88 Å². The highest BCUT2D eigenvalue weighted by molar-refractivity contribution is 5.26. The smallest absolute Gasteiger partial charge is 0.216 e. The number of aliphatic hydroxyl groups is 1. The van der Waals surface area contributed by atoms with Crippen molar-refractivity contribution >= 4 is 0 Å². The van der Waals surface area contributed by atoms with Gasteiger partial charge in [0, 0.05) is 11.8 Å². The number of aromatic nitrogens is 1. The highest BCUT2D eigenvalue weighted by atomic mass is 16.5. The molecule has 2 unspecified atom stereocenters. The Kier molecular flexibility index (Phi) is 4.53. The Hall–Kier alpha value is -1.87. The number of benzene rings is 1. The molecule has 0 aliphatic carbocycles. The monoisotopic (exact) mass is 257 g/mol. The van der Waals surface area contributed by atoms with Crippen LogP contribution in [-0.4, -0.2) is 17.2 Å². The van der Waals surface area contributed by atoms with E-state index < -0.39 is 6.10 Å². The van der Waals surface area contributed by atoms with Crippen LogP contribution in [0, 0.1) is 5.92 Å². The number of rotatable bonds is 5. The summed E-state index contributed by atoms with van der Waals surface area (Å²) in [5.41, 5.74) is 1.96. The molecule has 0 aliphatic heterocycles. The normalized spacial score (nSPS) is 13.8. The van der Waals surface area contributed by atoms with E-state index in [9.17, 15) is 5.11 Å². The zero-order valence-electron chi connectivity index (χ0n) is 11.3. The van der Waals surface area contributed by atoms with Crippen LogP contribution in [-0.2, 0) is 6.42 Å². The minimum absolute atomic E-state index is 0.0977. The molecule has 2 atom stereocenters. The van der Waals surface area contributed by atoms with Crippen LogP contribution in [0.4, 0.5) is 0 Å². The SMILES string of the molecule is COc1ncccc1CC(C)C(O)c1ccccc1. The number of hydrogen-bond acceptors (Lipinski definition) is 3. The average Bonchev–Trinajstić information content (AvgIpc) is 2.48. The third-order valence-corrected chi connectivity index (χ3v) is 3.27. The third kappa shape index (κ3) is 3.32. The fourth-order valence-electron chi connectivity index (χ4n) is 2.20. The molecule has 0 bridgehead atoms. The molecule has 2 aromatic rings. The van der Waals surface area contributed by atoms with E-state index >= 15 is 0 Å². The van der Waals surface area contributed by atoms with Crippen molar-refractivity contribution in [1.29, 1.82) is 0 Å². The minimum Gasteiger partial charge on any atom is -0.481 e. The molecule has 0 spiro atoms. The molecule has 3 heteroatoms. The van der Waals surface area contributed by atoms with Crippen molar-refractivity contribution in [3.05, 3.63) is 59.8 Å². The van der Waals surface area contributed by atoms with Crippen molar-refractivity contribution in [1.82, 2.24) is 4.98 Å². The lowest BCUT2D eigenvalue weighted by Crippen LogP contribution is -2.12. The van der Waals surface area contributed by atoms with Crippen LogP contribution >= 0.6 is 0 Å². The van der Waals surface area contributed by atoms with E-state index in [0.29, 0.717) is 5.88 Å². The molecular weight excluding hydrogens is 238 g/mol. The first-order valence-electron chi connectivity index (χ1n) is 6.43. The van der Waals surface area contributed by atoms with Crippen molar-refractivity contribution in [2.75, 3.05) is 7.11 Å². The van der Waals surface area contributed by atoms with Gasteiger partial charge in [0.05, 0.1) is 13.2 Å².